The van der Waals surface area contributed by atoms with Crippen LogP contribution in [0.15, 0.2) is 28.9 Å². The van der Waals surface area contributed by atoms with Crippen molar-refractivity contribution in [2.75, 3.05) is 5.32 Å². The van der Waals surface area contributed by atoms with E-state index in [0.717, 1.165) is 28.0 Å². The summed E-state index contributed by atoms with van der Waals surface area (Å²) in [4.78, 5) is 12.2. The van der Waals surface area contributed by atoms with Gasteiger partial charge in [0.15, 0.2) is 0 Å². The van der Waals surface area contributed by atoms with Crippen molar-refractivity contribution < 1.29 is 4.79 Å². The molecule has 0 aliphatic rings. The lowest BCUT2D eigenvalue weighted by atomic mass is 10.2. The predicted octanol–water partition coefficient (Wildman–Crippen LogP) is 3.53. The predicted molar refractivity (Wildman–Crippen MR) is 79.5 cm³/mol. The number of hydrogen-bond donors (Lipinski definition) is 1. The van der Waals surface area contributed by atoms with Crippen LogP contribution in [0.5, 0.6) is 0 Å². The first-order chi connectivity index (χ1) is 9.02. The van der Waals surface area contributed by atoms with Gasteiger partial charge in [-0.05, 0) is 54.4 Å². The summed E-state index contributed by atoms with van der Waals surface area (Å²) >= 11 is 3.45. The molecule has 1 heterocycles. The smallest absolute Gasteiger partial charge is 0.259 e. The fourth-order valence-electron chi connectivity index (χ4n) is 1.90. The van der Waals surface area contributed by atoms with Crippen LogP contribution in [-0.2, 0) is 6.54 Å². The first-order valence-corrected chi connectivity index (χ1v) is 6.92. The number of halogens is 1. The highest BCUT2D eigenvalue weighted by atomic mass is 79.9. The highest BCUT2D eigenvalue weighted by Gasteiger charge is 2.14. The van der Waals surface area contributed by atoms with E-state index in [1.165, 1.54) is 0 Å². The number of hydrogen-bond acceptors (Lipinski definition) is 2. The van der Waals surface area contributed by atoms with E-state index >= 15 is 0 Å². The minimum atomic E-state index is -0.137. The molecule has 0 unspecified atom stereocenters. The maximum absolute atomic E-state index is 12.2. The number of rotatable bonds is 3. The van der Waals surface area contributed by atoms with Gasteiger partial charge in [-0.3, -0.25) is 9.48 Å². The average molecular weight is 322 g/mol. The van der Waals surface area contributed by atoms with Gasteiger partial charge in [-0.15, -0.1) is 0 Å². The van der Waals surface area contributed by atoms with Gasteiger partial charge in [-0.1, -0.05) is 6.07 Å². The SMILES string of the molecule is CCn1ncc(C(=O)Nc2ccc(C)cc2Br)c1C. The van der Waals surface area contributed by atoms with E-state index in [1.807, 2.05) is 39.0 Å². The summed E-state index contributed by atoms with van der Waals surface area (Å²) in [5, 5.41) is 7.07. The standard InChI is InChI=1S/C14H16BrN3O/c1-4-18-10(3)11(8-16-18)14(19)17-13-6-5-9(2)7-12(13)15/h5-8H,4H2,1-3H3,(H,17,19). The zero-order chi connectivity index (χ0) is 14.0. The van der Waals surface area contributed by atoms with E-state index in [9.17, 15) is 4.79 Å². The van der Waals surface area contributed by atoms with Crippen LogP contribution in [0.3, 0.4) is 0 Å². The third-order valence-electron chi connectivity index (χ3n) is 3.02. The van der Waals surface area contributed by atoms with Gasteiger partial charge in [0.25, 0.3) is 5.91 Å². The van der Waals surface area contributed by atoms with Crippen molar-refractivity contribution in [3.05, 3.63) is 45.7 Å². The van der Waals surface area contributed by atoms with Gasteiger partial charge < -0.3 is 5.32 Å². The van der Waals surface area contributed by atoms with Crippen molar-refractivity contribution in [1.29, 1.82) is 0 Å². The van der Waals surface area contributed by atoms with E-state index in [2.05, 4.69) is 26.3 Å². The number of benzene rings is 1. The van der Waals surface area contributed by atoms with Crippen molar-refractivity contribution in [2.45, 2.75) is 27.3 Å². The Bertz CT molecular complexity index is 619. The molecule has 19 heavy (non-hydrogen) atoms. The number of carbonyl (C=O) groups is 1. The second-order valence-corrected chi connectivity index (χ2v) is 5.25. The summed E-state index contributed by atoms with van der Waals surface area (Å²) in [6, 6.07) is 5.82. The molecule has 100 valence electrons. The van der Waals surface area contributed by atoms with Gasteiger partial charge >= 0.3 is 0 Å². The molecule has 0 radical (unpaired) electrons. The van der Waals surface area contributed by atoms with Crippen LogP contribution in [0.25, 0.3) is 0 Å². The molecule has 1 N–H and O–H groups in total. The molecular weight excluding hydrogens is 306 g/mol. The van der Waals surface area contributed by atoms with Gasteiger partial charge in [0.05, 0.1) is 17.4 Å². The van der Waals surface area contributed by atoms with Crippen LogP contribution >= 0.6 is 15.9 Å². The Hall–Kier alpha value is -1.62. The van der Waals surface area contributed by atoms with Crippen molar-refractivity contribution >= 4 is 27.5 Å². The monoisotopic (exact) mass is 321 g/mol. The molecular formula is C14H16BrN3O. The van der Waals surface area contributed by atoms with Crippen LogP contribution in [-0.4, -0.2) is 15.7 Å². The maximum atomic E-state index is 12.2. The second kappa shape index (κ2) is 5.57. The number of anilines is 1. The Kier molecular flexibility index (Phi) is 4.04. The lowest BCUT2D eigenvalue weighted by molar-refractivity contribution is 0.102. The van der Waals surface area contributed by atoms with Crippen molar-refractivity contribution in [1.82, 2.24) is 9.78 Å². The molecule has 0 aliphatic heterocycles. The molecule has 2 aromatic rings. The van der Waals surface area contributed by atoms with E-state index in [1.54, 1.807) is 10.9 Å². The number of amides is 1. The molecule has 0 fully saturated rings. The van der Waals surface area contributed by atoms with Crippen molar-refractivity contribution in [2.24, 2.45) is 0 Å². The molecule has 1 aromatic carbocycles. The third kappa shape index (κ3) is 2.87. The van der Waals surface area contributed by atoms with Crippen molar-refractivity contribution in [3.63, 3.8) is 0 Å². The zero-order valence-corrected chi connectivity index (χ0v) is 12.8. The zero-order valence-electron chi connectivity index (χ0n) is 11.2. The topological polar surface area (TPSA) is 46.9 Å². The van der Waals surface area contributed by atoms with Crippen LogP contribution < -0.4 is 5.32 Å². The largest absolute Gasteiger partial charge is 0.321 e. The highest BCUT2D eigenvalue weighted by molar-refractivity contribution is 9.10. The van der Waals surface area contributed by atoms with E-state index in [-0.39, 0.29) is 5.91 Å². The number of nitrogens with zero attached hydrogens (tertiary/aromatic N) is 2. The molecule has 1 aromatic heterocycles. The summed E-state index contributed by atoms with van der Waals surface area (Å²) in [6.45, 7) is 6.66. The molecule has 0 saturated carbocycles. The van der Waals surface area contributed by atoms with E-state index < -0.39 is 0 Å². The Balaban J connectivity index is 2.23. The van der Waals surface area contributed by atoms with Crippen LogP contribution in [0, 0.1) is 13.8 Å². The summed E-state index contributed by atoms with van der Waals surface area (Å²) < 4.78 is 2.68. The second-order valence-electron chi connectivity index (χ2n) is 4.40. The normalized spacial score (nSPS) is 10.5. The molecule has 0 aliphatic carbocycles. The number of carbonyl (C=O) groups excluding carboxylic acids is 1. The molecule has 0 bridgehead atoms. The first kappa shape index (κ1) is 13.8. The fraction of sp³-hybridized carbons (Fsp3) is 0.286. The maximum Gasteiger partial charge on any atom is 0.259 e. The van der Waals surface area contributed by atoms with Gasteiger partial charge in [0, 0.05) is 16.7 Å². The summed E-state index contributed by atoms with van der Waals surface area (Å²) in [5.74, 6) is -0.137. The molecule has 0 spiro atoms. The Labute approximate surface area is 120 Å². The summed E-state index contributed by atoms with van der Waals surface area (Å²) in [5.41, 5.74) is 3.39. The van der Waals surface area contributed by atoms with Crippen LogP contribution in [0.4, 0.5) is 5.69 Å². The highest BCUT2D eigenvalue weighted by Crippen LogP contribution is 2.24. The molecule has 2 rings (SSSR count). The minimum absolute atomic E-state index is 0.137. The molecule has 5 heteroatoms. The first-order valence-electron chi connectivity index (χ1n) is 6.12. The quantitative estimate of drug-likeness (QED) is 0.939. The van der Waals surface area contributed by atoms with Gasteiger partial charge in [0.2, 0.25) is 0 Å². The van der Waals surface area contributed by atoms with Crippen LogP contribution in [0.1, 0.15) is 28.5 Å². The molecule has 1 amide bonds. The number of aryl methyl sites for hydroxylation is 2. The number of nitrogens with one attached hydrogen (secondary N) is 1. The Morgan fingerprint density at radius 2 is 2.16 bits per heavy atom. The summed E-state index contributed by atoms with van der Waals surface area (Å²) in [7, 11) is 0. The number of aromatic nitrogens is 2. The molecule has 0 saturated heterocycles. The Morgan fingerprint density at radius 1 is 1.42 bits per heavy atom. The van der Waals surface area contributed by atoms with Gasteiger partial charge in [-0.2, -0.15) is 5.10 Å². The van der Waals surface area contributed by atoms with Crippen LogP contribution in [0.2, 0.25) is 0 Å². The average Bonchev–Trinajstić information content (AvgIpc) is 2.74. The fourth-order valence-corrected chi connectivity index (χ4v) is 2.49. The lowest BCUT2D eigenvalue weighted by Crippen LogP contribution is -2.13. The van der Waals surface area contributed by atoms with Crippen molar-refractivity contribution in [3.8, 4) is 0 Å². The van der Waals surface area contributed by atoms with E-state index in [0.29, 0.717) is 5.56 Å². The van der Waals surface area contributed by atoms with Gasteiger partial charge in [0.1, 0.15) is 0 Å². The third-order valence-corrected chi connectivity index (χ3v) is 3.68. The van der Waals surface area contributed by atoms with Gasteiger partial charge in [-0.25, -0.2) is 0 Å². The molecule has 4 nitrogen and oxygen atoms in total. The van der Waals surface area contributed by atoms with E-state index in [4.69, 9.17) is 0 Å². The summed E-state index contributed by atoms with van der Waals surface area (Å²) in [6.07, 6.45) is 1.61. The minimum Gasteiger partial charge on any atom is -0.321 e. The molecule has 0 atom stereocenters. The lowest BCUT2D eigenvalue weighted by Gasteiger charge is -2.08. The Morgan fingerprint density at radius 3 is 2.74 bits per heavy atom.